The molecule has 2 heterocycles. The molecule has 0 radical (unpaired) electrons. The molecule has 2 fully saturated rings. The molecule has 0 spiro atoms. The smallest absolute Gasteiger partial charge is 0.0810 e. The Kier molecular flexibility index (Phi) is 24.4. The second-order valence-electron chi connectivity index (χ2n) is 11.3. The van der Waals surface area contributed by atoms with Crippen molar-refractivity contribution in [3.63, 3.8) is 0 Å². The van der Waals surface area contributed by atoms with Crippen LogP contribution in [0.25, 0.3) is 0 Å². The third kappa shape index (κ3) is 26.5. The Labute approximate surface area is 215 Å². The minimum absolute atomic E-state index is 0.651. The normalized spacial score (nSPS) is 18.5. The predicted octanol–water partition coefficient (Wildman–Crippen LogP) is 11.0. The third-order valence-electron chi connectivity index (χ3n) is 7.56. The lowest BCUT2D eigenvalue weighted by atomic mass is 10.0. The van der Waals surface area contributed by atoms with Crippen LogP contribution in [-0.2, 0) is 9.47 Å². The van der Waals surface area contributed by atoms with Gasteiger partial charge >= 0.3 is 0 Å². The van der Waals surface area contributed by atoms with Gasteiger partial charge in [0.15, 0.2) is 0 Å². The zero-order valence-corrected chi connectivity index (χ0v) is 23.8. The maximum Gasteiger partial charge on any atom is 0.0810 e. The Morgan fingerprint density at radius 3 is 0.765 bits per heavy atom. The van der Waals surface area contributed by atoms with Crippen LogP contribution in [0.15, 0.2) is 0 Å². The van der Waals surface area contributed by atoms with Crippen molar-refractivity contribution in [3.05, 3.63) is 0 Å². The molecule has 0 N–H and O–H groups in total. The van der Waals surface area contributed by atoms with E-state index in [0.717, 1.165) is 13.2 Å². The maximum absolute atomic E-state index is 5.21. The zero-order chi connectivity index (χ0) is 24.4. The lowest BCUT2D eigenvalue weighted by Gasteiger charge is -2.02. The first-order valence-corrected chi connectivity index (χ1v) is 16.1. The summed E-state index contributed by atoms with van der Waals surface area (Å²) in [6.45, 7) is 6.65. The van der Waals surface area contributed by atoms with Gasteiger partial charge in [-0.05, 0) is 12.8 Å². The molecule has 0 amide bonds. The molecule has 0 aromatic rings. The topological polar surface area (TPSA) is 25.1 Å². The van der Waals surface area contributed by atoms with E-state index in [2.05, 4.69) is 13.8 Å². The van der Waals surface area contributed by atoms with E-state index in [1.807, 2.05) is 0 Å². The van der Waals surface area contributed by atoms with Gasteiger partial charge in [-0.15, -0.1) is 0 Å². The van der Waals surface area contributed by atoms with Crippen molar-refractivity contribution in [1.29, 1.82) is 0 Å². The average Bonchev–Trinajstić information content (AvgIpc) is 3.77. The Hall–Kier alpha value is -0.0800. The van der Waals surface area contributed by atoms with E-state index < -0.39 is 0 Å². The molecule has 2 aliphatic heterocycles. The molecule has 2 aliphatic rings. The van der Waals surface area contributed by atoms with Gasteiger partial charge in [0, 0.05) is 0 Å². The van der Waals surface area contributed by atoms with Gasteiger partial charge in [0.25, 0.3) is 0 Å². The van der Waals surface area contributed by atoms with Crippen molar-refractivity contribution >= 4 is 0 Å². The molecule has 2 rings (SSSR count). The van der Waals surface area contributed by atoms with E-state index in [4.69, 9.17) is 9.47 Å². The molecule has 0 saturated carbocycles. The Morgan fingerprint density at radius 1 is 0.353 bits per heavy atom. The monoisotopic (exact) mass is 480 g/mol. The second-order valence-corrected chi connectivity index (χ2v) is 11.3. The van der Waals surface area contributed by atoms with Crippen LogP contribution >= 0.6 is 0 Å². The van der Waals surface area contributed by atoms with Crippen LogP contribution < -0.4 is 0 Å². The highest BCUT2D eigenvalue weighted by molar-refractivity contribution is 4.68. The maximum atomic E-state index is 5.21. The van der Waals surface area contributed by atoms with Gasteiger partial charge in [0.2, 0.25) is 0 Å². The van der Waals surface area contributed by atoms with E-state index in [9.17, 15) is 0 Å². The summed E-state index contributed by atoms with van der Waals surface area (Å²) < 4.78 is 10.4. The molecule has 2 heteroatoms. The fourth-order valence-corrected chi connectivity index (χ4v) is 4.90. The molecule has 0 aromatic heterocycles. The van der Waals surface area contributed by atoms with E-state index in [-0.39, 0.29) is 0 Å². The van der Waals surface area contributed by atoms with Crippen LogP contribution in [0.3, 0.4) is 0 Å². The van der Waals surface area contributed by atoms with Gasteiger partial charge in [0.05, 0.1) is 25.4 Å². The fourth-order valence-electron chi connectivity index (χ4n) is 4.90. The summed E-state index contributed by atoms with van der Waals surface area (Å²) in [5.74, 6) is 0. The van der Waals surface area contributed by atoms with Gasteiger partial charge < -0.3 is 9.47 Å². The van der Waals surface area contributed by atoms with E-state index in [1.54, 1.807) is 0 Å². The van der Waals surface area contributed by atoms with Crippen LogP contribution in [0, 0.1) is 0 Å². The van der Waals surface area contributed by atoms with Crippen molar-refractivity contribution in [2.45, 2.75) is 193 Å². The Balaban J connectivity index is 0.000000340. The molecule has 2 saturated heterocycles. The van der Waals surface area contributed by atoms with Crippen LogP contribution in [-0.4, -0.2) is 25.4 Å². The van der Waals surface area contributed by atoms with E-state index >= 15 is 0 Å². The fraction of sp³-hybridized carbons (Fsp3) is 1.00. The van der Waals surface area contributed by atoms with Gasteiger partial charge in [-0.3, -0.25) is 0 Å². The largest absolute Gasteiger partial charge is 0.373 e. The highest BCUT2D eigenvalue weighted by atomic mass is 16.6. The quantitative estimate of drug-likeness (QED) is 0.0908. The Morgan fingerprint density at radius 2 is 0.559 bits per heavy atom. The summed E-state index contributed by atoms with van der Waals surface area (Å²) >= 11 is 0. The van der Waals surface area contributed by atoms with Crippen molar-refractivity contribution in [2.75, 3.05) is 13.2 Å². The molecule has 34 heavy (non-hydrogen) atoms. The summed E-state index contributed by atoms with van der Waals surface area (Å²) in [6, 6.07) is 0. The van der Waals surface area contributed by atoms with Crippen LogP contribution in [0.5, 0.6) is 0 Å². The first kappa shape index (κ1) is 31.9. The summed E-state index contributed by atoms with van der Waals surface area (Å²) in [5.41, 5.74) is 0. The summed E-state index contributed by atoms with van der Waals surface area (Å²) in [7, 11) is 0. The lowest BCUT2D eigenvalue weighted by molar-refractivity contribution is 0.387. The molecule has 2 nitrogen and oxygen atoms in total. The highest BCUT2D eigenvalue weighted by Gasteiger charge is 2.21. The van der Waals surface area contributed by atoms with Gasteiger partial charge in [-0.25, -0.2) is 0 Å². The van der Waals surface area contributed by atoms with Crippen molar-refractivity contribution in [3.8, 4) is 0 Å². The SMILES string of the molecule is CCCCCCCCCCCCCCC1CO1.CCCCCCCCCCCCCCC1CO1. The van der Waals surface area contributed by atoms with Crippen LogP contribution in [0.2, 0.25) is 0 Å². The van der Waals surface area contributed by atoms with Gasteiger partial charge in [0.1, 0.15) is 0 Å². The molecular weight excluding hydrogens is 416 g/mol. The summed E-state index contributed by atoms with van der Waals surface area (Å²) in [5, 5.41) is 0. The predicted molar refractivity (Wildman–Crippen MR) is 151 cm³/mol. The van der Waals surface area contributed by atoms with Crippen LogP contribution in [0.1, 0.15) is 181 Å². The number of hydrogen-bond donors (Lipinski definition) is 0. The van der Waals surface area contributed by atoms with E-state index in [0.29, 0.717) is 12.2 Å². The average molecular weight is 481 g/mol. The lowest BCUT2D eigenvalue weighted by Crippen LogP contribution is -1.86. The van der Waals surface area contributed by atoms with Crippen LogP contribution in [0.4, 0.5) is 0 Å². The first-order valence-electron chi connectivity index (χ1n) is 16.1. The molecule has 0 aliphatic carbocycles. The minimum Gasteiger partial charge on any atom is -0.373 e. The number of ether oxygens (including phenoxy) is 2. The minimum atomic E-state index is 0.651. The van der Waals surface area contributed by atoms with Crippen molar-refractivity contribution < 1.29 is 9.47 Å². The highest BCUT2D eigenvalue weighted by Crippen LogP contribution is 2.19. The van der Waals surface area contributed by atoms with Crippen molar-refractivity contribution in [1.82, 2.24) is 0 Å². The third-order valence-corrected chi connectivity index (χ3v) is 7.56. The molecule has 0 bridgehead atoms. The second kappa shape index (κ2) is 26.0. The van der Waals surface area contributed by atoms with Gasteiger partial charge in [-0.2, -0.15) is 0 Å². The Bertz CT molecular complexity index is 339. The molecule has 204 valence electrons. The summed E-state index contributed by atoms with van der Waals surface area (Å²) in [4.78, 5) is 0. The standard InChI is InChI=1S/2C16H32O/c2*1-2-3-4-5-6-7-8-9-10-11-12-13-14-16-15-17-16/h2*16H,2-15H2,1H3. The molecule has 2 unspecified atom stereocenters. The number of hydrogen-bond acceptors (Lipinski definition) is 2. The molecule has 2 atom stereocenters. The number of unbranched alkanes of at least 4 members (excludes halogenated alkanes) is 22. The first-order chi connectivity index (χ1) is 16.9. The van der Waals surface area contributed by atoms with E-state index in [1.165, 1.54) is 167 Å². The van der Waals surface area contributed by atoms with Gasteiger partial charge in [-0.1, -0.05) is 168 Å². The number of rotatable bonds is 26. The molecule has 0 aromatic carbocycles. The molecular formula is C32H64O2. The summed E-state index contributed by atoms with van der Waals surface area (Å²) in [6.07, 6.45) is 38.6. The zero-order valence-electron chi connectivity index (χ0n) is 23.8. The van der Waals surface area contributed by atoms with Crippen molar-refractivity contribution in [2.24, 2.45) is 0 Å². The number of epoxide rings is 2.